The molecule has 1 saturated carbocycles. The fourth-order valence-electron chi connectivity index (χ4n) is 2.35. The maximum atomic E-state index is 12.9. The Bertz CT molecular complexity index is 427. The van der Waals surface area contributed by atoms with Crippen molar-refractivity contribution >= 4 is 17.6 Å². The van der Waals surface area contributed by atoms with Crippen LogP contribution in [0.15, 0.2) is 18.2 Å². The van der Waals surface area contributed by atoms with Gasteiger partial charge in [0.1, 0.15) is 5.82 Å². The van der Waals surface area contributed by atoms with Crippen molar-refractivity contribution in [2.75, 3.05) is 0 Å². The number of rotatable bonds is 3. The van der Waals surface area contributed by atoms with E-state index in [1.54, 1.807) is 6.07 Å². The summed E-state index contributed by atoms with van der Waals surface area (Å²) < 4.78 is 12.9. The molecule has 1 aliphatic rings. The molecule has 0 aliphatic heterocycles. The van der Waals surface area contributed by atoms with E-state index >= 15 is 0 Å². The number of carboxylic acid groups (broad SMARTS) is 1. The first-order valence-electron chi connectivity index (χ1n) is 5.21. The molecule has 4 heteroatoms. The van der Waals surface area contributed by atoms with Crippen molar-refractivity contribution < 1.29 is 14.3 Å². The summed E-state index contributed by atoms with van der Waals surface area (Å²) in [6.07, 6.45) is 2.69. The minimum Gasteiger partial charge on any atom is -0.481 e. The van der Waals surface area contributed by atoms with Crippen LogP contribution >= 0.6 is 11.6 Å². The average molecular weight is 243 g/mol. The monoisotopic (exact) mass is 242 g/mol. The summed E-state index contributed by atoms with van der Waals surface area (Å²) in [4.78, 5) is 10.8. The van der Waals surface area contributed by atoms with Crippen molar-refractivity contribution in [2.24, 2.45) is 0 Å². The molecule has 16 heavy (non-hydrogen) atoms. The lowest BCUT2D eigenvalue weighted by molar-refractivity contribution is -0.139. The third kappa shape index (κ3) is 1.92. The number of aliphatic carboxylic acids is 1. The zero-order valence-corrected chi connectivity index (χ0v) is 9.43. The molecule has 1 aromatic carbocycles. The van der Waals surface area contributed by atoms with Crippen LogP contribution in [0.3, 0.4) is 0 Å². The maximum absolute atomic E-state index is 12.9. The van der Waals surface area contributed by atoms with Crippen LogP contribution in [0, 0.1) is 5.82 Å². The number of carbonyl (C=O) groups is 1. The summed E-state index contributed by atoms with van der Waals surface area (Å²) in [6, 6.07) is 4.20. The van der Waals surface area contributed by atoms with Gasteiger partial charge in [0, 0.05) is 10.4 Å². The Morgan fingerprint density at radius 3 is 2.62 bits per heavy atom. The second-order valence-electron chi connectivity index (χ2n) is 4.33. The Morgan fingerprint density at radius 2 is 2.19 bits per heavy atom. The van der Waals surface area contributed by atoms with Crippen LogP contribution in [-0.4, -0.2) is 11.1 Å². The highest BCUT2D eigenvalue weighted by Gasteiger charge is 2.41. The second kappa shape index (κ2) is 4.06. The topological polar surface area (TPSA) is 37.3 Å². The van der Waals surface area contributed by atoms with Crippen LogP contribution in [0.25, 0.3) is 0 Å². The lowest BCUT2D eigenvalue weighted by Crippen LogP contribution is -2.36. The third-order valence-electron chi connectivity index (χ3n) is 3.30. The molecular formula is C12H12ClFO2. The predicted octanol–water partition coefficient (Wildman–Crippen LogP) is 3.38. The molecule has 0 amide bonds. The zero-order valence-electron chi connectivity index (χ0n) is 8.67. The SMILES string of the molecule is O=C(O)CC1(c2ccc(F)cc2Cl)CCC1. The Balaban J connectivity index is 2.36. The molecule has 0 heterocycles. The minimum atomic E-state index is -0.833. The van der Waals surface area contributed by atoms with E-state index in [2.05, 4.69) is 0 Å². The average Bonchev–Trinajstić information content (AvgIpc) is 2.12. The third-order valence-corrected chi connectivity index (χ3v) is 3.62. The van der Waals surface area contributed by atoms with Gasteiger partial charge in [-0.1, -0.05) is 24.1 Å². The van der Waals surface area contributed by atoms with Gasteiger partial charge in [0.05, 0.1) is 6.42 Å². The smallest absolute Gasteiger partial charge is 0.304 e. The van der Waals surface area contributed by atoms with Gasteiger partial charge < -0.3 is 5.11 Å². The molecule has 1 aromatic rings. The molecule has 0 atom stereocenters. The highest BCUT2D eigenvalue weighted by Crippen LogP contribution is 2.48. The molecule has 2 rings (SSSR count). The summed E-state index contributed by atoms with van der Waals surface area (Å²) in [5.41, 5.74) is 0.389. The number of hydrogen-bond donors (Lipinski definition) is 1. The summed E-state index contributed by atoms with van der Waals surface area (Å²) in [7, 11) is 0. The highest BCUT2D eigenvalue weighted by atomic mass is 35.5. The lowest BCUT2D eigenvalue weighted by Gasteiger charge is -2.41. The normalized spacial score (nSPS) is 17.9. The molecule has 2 nitrogen and oxygen atoms in total. The van der Waals surface area contributed by atoms with Gasteiger partial charge in [0.2, 0.25) is 0 Å². The van der Waals surface area contributed by atoms with E-state index in [9.17, 15) is 9.18 Å². The molecule has 1 aliphatic carbocycles. The lowest BCUT2D eigenvalue weighted by atomic mass is 9.62. The zero-order chi connectivity index (χ0) is 11.8. The predicted molar refractivity (Wildman–Crippen MR) is 59.2 cm³/mol. The molecule has 0 bridgehead atoms. The Kier molecular flexibility index (Phi) is 2.89. The van der Waals surface area contributed by atoms with Gasteiger partial charge >= 0.3 is 5.97 Å². The Hall–Kier alpha value is -1.09. The molecular weight excluding hydrogens is 231 g/mol. The van der Waals surface area contributed by atoms with Gasteiger partial charge in [-0.25, -0.2) is 4.39 Å². The number of benzene rings is 1. The van der Waals surface area contributed by atoms with Crippen molar-refractivity contribution in [1.29, 1.82) is 0 Å². The first-order valence-corrected chi connectivity index (χ1v) is 5.59. The molecule has 0 aromatic heterocycles. The van der Waals surface area contributed by atoms with Crippen LogP contribution in [0.5, 0.6) is 0 Å². The standard InChI is InChI=1S/C12H12ClFO2/c13-10-6-8(14)2-3-9(10)12(4-1-5-12)7-11(15)16/h2-3,6H,1,4-5,7H2,(H,15,16). The molecule has 86 valence electrons. The van der Waals surface area contributed by atoms with Crippen molar-refractivity contribution in [3.8, 4) is 0 Å². The molecule has 1 fully saturated rings. The van der Waals surface area contributed by atoms with E-state index in [1.807, 2.05) is 0 Å². The first-order chi connectivity index (χ1) is 7.53. The molecule has 0 spiro atoms. The van der Waals surface area contributed by atoms with Crippen LogP contribution in [-0.2, 0) is 10.2 Å². The first kappa shape index (κ1) is 11.4. The van der Waals surface area contributed by atoms with Crippen molar-refractivity contribution in [3.63, 3.8) is 0 Å². The summed E-state index contributed by atoms with van der Waals surface area (Å²) in [5.74, 6) is -1.22. The van der Waals surface area contributed by atoms with Crippen molar-refractivity contribution in [2.45, 2.75) is 31.1 Å². The number of hydrogen-bond acceptors (Lipinski definition) is 1. The van der Waals surface area contributed by atoms with Crippen molar-refractivity contribution in [3.05, 3.63) is 34.6 Å². The fourth-order valence-corrected chi connectivity index (χ4v) is 2.72. The van der Waals surface area contributed by atoms with E-state index in [0.717, 1.165) is 24.8 Å². The van der Waals surface area contributed by atoms with Gasteiger partial charge in [-0.15, -0.1) is 0 Å². The largest absolute Gasteiger partial charge is 0.481 e. The van der Waals surface area contributed by atoms with Gasteiger partial charge in [-0.3, -0.25) is 4.79 Å². The van der Waals surface area contributed by atoms with E-state index in [4.69, 9.17) is 16.7 Å². The Morgan fingerprint density at radius 1 is 1.50 bits per heavy atom. The summed E-state index contributed by atoms with van der Waals surface area (Å²) >= 11 is 5.98. The summed E-state index contributed by atoms with van der Waals surface area (Å²) in [5, 5.41) is 9.24. The van der Waals surface area contributed by atoms with Crippen molar-refractivity contribution in [1.82, 2.24) is 0 Å². The number of halogens is 2. The molecule has 1 N–H and O–H groups in total. The molecule has 0 saturated heterocycles. The van der Waals surface area contributed by atoms with Gasteiger partial charge in [0.15, 0.2) is 0 Å². The quantitative estimate of drug-likeness (QED) is 0.882. The van der Waals surface area contributed by atoms with E-state index in [1.165, 1.54) is 12.1 Å². The fraction of sp³-hybridized carbons (Fsp3) is 0.417. The van der Waals surface area contributed by atoms with Crippen LogP contribution in [0.2, 0.25) is 5.02 Å². The number of carboxylic acids is 1. The van der Waals surface area contributed by atoms with E-state index in [0.29, 0.717) is 5.02 Å². The van der Waals surface area contributed by atoms with Gasteiger partial charge in [-0.2, -0.15) is 0 Å². The minimum absolute atomic E-state index is 0.0678. The van der Waals surface area contributed by atoms with Crippen LogP contribution in [0.1, 0.15) is 31.2 Å². The van der Waals surface area contributed by atoms with Gasteiger partial charge in [-0.05, 0) is 30.5 Å². The van der Waals surface area contributed by atoms with E-state index < -0.39 is 11.8 Å². The molecule has 0 radical (unpaired) electrons. The molecule has 0 unspecified atom stereocenters. The second-order valence-corrected chi connectivity index (χ2v) is 4.74. The van der Waals surface area contributed by atoms with Crippen LogP contribution in [0.4, 0.5) is 4.39 Å². The Labute approximate surface area is 98.0 Å². The maximum Gasteiger partial charge on any atom is 0.304 e. The highest BCUT2D eigenvalue weighted by molar-refractivity contribution is 6.31. The van der Waals surface area contributed by atoms with Gasteiger partial charge in [0.25, 0.3) is 0 Å². The van der Waals surface area contributed by atoms with E-state index in [-0.39, 0.29) is 11.8 Å². The van der Waals surface area contributed by atoms with Crippen LogP contribution < -0.4 is 0 Å². The summed E-state index contributed by atoms with van der Waals surface area (Å²) in [6.45, 7) is 0.